The topological polar surface area (TPSA) is 69.6 Å². The van der Waals surface area contributed by atoms with Gasteiger partial charge in [0, 0.05) is 13.1 Å². The molecule has 0 spiro atoms. The Hall–Kier alpha value is -1.47. The summed E-state index contributed by atoms with van der Waals surface area (Å²) in [5.41, 5.74) is 0. The molecule has 1 unspecified atom stereocenters. The molecule has 0 amide bonds. The summed E-state index contributed by atoms with van der Waals surface area (Å²) in [5, 5.41) is 0. The van der Waals surface area contributed by atoms with E-state index in [1.807, 2.05) is 7.05 Å². The summed E-state index contributed by atoms with van der Waals surface area (Å²) in [6, 6.07) is 0.479. The number of morpholine rings is 1. The van der Waals surface area contributed by atoms with Gasteiger partial charge in [-0.25, -0.2) is 0 Å². The van der Waals surface area contributed by atoms with Gasteiger partial charge < -0.3 is 19.1 Å². The smallest absolute Gasteiger partial charge is 0.322 e. The lowest BCUT2D eigenvalue weighted by Crippen LogP contribution is -2.36. The maximum Gasteiger partial charge on any atom is 0.322 e. The number of likely N-dealkylation sites (N-methyl/N-ethyl adjacent to an activating group) is 1. The van der Waals surface area contributed by atoms with Gasteiger partial charge in [0.2, 0.25) is 0 Å². The second-order valence-electron chi connectivity index (χ2n) is 3.79. The van der Waals surface area contributed by atoms with Gasteiger partial charge in [0.25, 0.3) is 0 Å². The third-order valence-electron chi connectivity index (χ3n) is 2.53. The van der Waals surface area contributed by atoms with Crippen molar-refractivity contribution in [2.24, 2.45) is 0 Å². The zero-order valence-electron chi connectivity index (χ0n) is 10.2. The lowest BCUT2D eigenvalue weighted by molar-refractivity contribution is -0.0261. The van der Waals surface area contributed by atoms with Crippen molar-refractivity contribution < 1.29 is 14.2 Å². The summed E-state index contributed by atoms with van der Waals surface area (Å²) in [6.07, 6.45) is -0.167. The van der Waals surface area contributed by atoms with Crippen LogP contribution in [-0.4, -0.2) is 60.8 Å². The quantitative estimate of drug-likeness (QED) is 0.730. The van der Waals surface area contributed by atoms with E-state index >= 15 is 0 Å². The van der Waals surface area contributed by atoms with Crippen LogP contribution in [-0.2, 0) is 4.74 Å². The zero-order chi connectivity index (χ0) is 12.3. The molecule has 7 nitrogen and oxygen atoms in total. The molecule has 0 radical (unpaired) electrons. The molecule has 0 bridgehead atoms. The van der Waals surface area contributed by atoms with Crippen LogP contribution in [0.5, 0.6) is 12.0 Å². The molecule has 0 N–H and O–H groups in total. The molecular weight excluding hydrogens is 224 g/mol. The van der Waals surface area contributed by atoms with Crippen molar-refractivity contribution in [3.8, 4) is 12.0 Å². The van der Waals surface area contributed by atoms with Crippen molar-refractivity contribution in [2.75, 3.05) is 41.0 Å². The summed E-state index contributed by atoms with van der Waals surface area (Å²) < 4.78 is 15.6. The van der Waals surface area contributed by atoms with Crippen molar-refractivity contribution in [1.82, 2.24) is 19.9 Å². The number of nitrogens with zero attached hydrogens (tertiary/aromatic N) is 4. The van der Waals surface area contributed by atoms with Crippen LogP contribution < -0.4 is 9.47 Å². The number of aromatic nitrogens is 3. The molecule has 17 heavy (non-hydrogen) atoms. The van der Waals surface area contributed by atoms with Crippen LogP contribution in [0, 0.1) is 0 Å². The van der Waals surface area contributed by atoms with Crippen molar-refractivity contribution in [3.63, 3.8) is 0 Å². The molecule has 0 saturated carbocycles. The van der Waals surface area contributed by atoms with Gasteiger partial charge in [0.1, 0.15) is 6.10 Å². The van der Waals surface area contributed by atoms with Gasteiger partial charge in [-0.3, -0.25) is 0 Å². The largest absolute Gasteiger partial charge is 0.467 e. The van der Waals surface area contributed by atoms with Gasteiger partial charge in [-0.1, -0.05) is 0 Å². The molecule has 1 atom stereocenters. The molecule has 0 aromatic carbocycles. The van der Waals surface area contributed by atoms with Crippen LogP contribution in [0.2, 0.25) is 0 Å². The van der Waals surface area contributed by atoms with Gasteiger partial charge in [0.05, 0.1) is 20.8 Å². The van der Waals surface area contributed by atoms with Crippen LogP contribution in [0.1, 0.15) is 11.9 Å². The van der Waals surface area contributed by atoms with Gasteiger partial charge in [-0.05, 0) is 7.05 Å². The average Bonchev–Trinajstić information content (AvgIpc) is 2.38. The fourth-order valence-corrected chi connectivity index (χ4v) is 1.61. The Bertz CT molecular complexity index is 366. The highest BCUT2D eigenvalue weighted by Crippen LogP contribution is 2.21. The highest BCUT2D eigenvalue weighted by Gasteiger charge is 2.23. The number of rotatable bonds is 3. The second-order valence-corrected chi connectivity index (χ2v) is 3.79. The van der Waals surface area contributed by atoms with Gasteiger partial charge in [-0.15, -0.1) is 4.98 Å². The molecule has 1 aliphatic rings. The fourth-order valence-electron chi connectivity index (χ4n) is 1.61. The average molecular weight is 240 g/mol. The fraction of sp³-hybridized carbons (Fsp3) is 0.700. The first-order chi connectivity index (χ1) is 8.22. The molecule has 2 rings (SSSR count). The van der Waals surface area contributed by atoms with E-state index in [4.69, 9.17) is 14.2 Å². The Morgan fingerprint density at radius 3 is 2.35 bits per heavy atom. The zero-order valence-corrected chi connectivity index (χ0v) is 10.2. The Labute approximate surface area is 99.7 Å². The van der Waals surface area contributed by atoms with E-state index in [0.29, 0.717) is 12.4 Å². The van der Waals surface area contributed by atoms with Crippen LogP contribution in [0.15, 0.2) is 0 Å². The monoisotopic (exact) mass is 240 g/mol. The summed E-state index contributed by atoms with van der Waals surface area (Å²) in [6.45, 7) is 2.32. The third-order valence-corrected chi connectivity index (χ3v) is 2.53. The summed E-state index contributed by atoms with van der Waals surface area (Å²) in [4.78, 5) is 14.5. The van der Waals surface area contributed by atoms with Gasteiger partial charge >= 0.3 is 12.0 Å². The maximum absolute atomic E-state index is 5.63. The Balaban J connectivity index is 2.23. The predicted octanol–water partition coefficient (Wildman–Crippen LogP) is -0.108. The Morgan fingerprint density at radius 2 is 1.82 bits per heavy atom. The highest BCUT2D eigenvalue weighted by molar-refractivity contribution is 5.07. The van der Waals surface area contributed by atoms with Crippen LogP contribution in [0.25, 0.3) is 0 Å². The summed E-state index contributed by atoms with van der Waals surface area (Å²) in [5.74, 6) is 0.542. The Morgan fingerprint density at radius 1 is 1.18 bits per heavy atom. The SMILES string of the molecule is COc1nc(OC)nc(C2CN(C)CCO2)n1. The van der Waals surface area contributed by atoms with E-state index in [0.717, 1.165) is 13.1 Å². The first-order valence-electron chi connectivity index (χ1n) is 5.37. The van der Waals surface area contributed by atoms with E-state index < -0.39 is 0 Å². The van der Waals surface area contributed by atoms with Crippen LogP contribution in [0.3, 0.4) is 0 Å². The molecule has 94 valence electrons. The molecule has 2 heterocycles. The van der Waals surface area contributed by atoms with E-state index in [9.17, 15) is 0 Å². The molecular formula is C10H16N4O3. The lowest BCUT2D eigenvalue weighted by Gasteiger charge is -2.28. The minimum atomic E-state index is -0.167. The Kier molecular flexibility index (Phi) is 3.70. The molecule has 0 aliphatic carbocycles. The van der Waals surface area contributed by atoms with E-state index in [-0.39, 0.29) is 18.1 Å². The van der Waals surface area contributed by atoms with E-state index in [1.165, 1.54) is 14.2 Å². The molecule has 7 heteroatoms. The first kappa shape index (κ1) is 12.0. The number of hydrogen-bond acceptors (Lipinski definition) is 7. The summed E-state index contributed by atoms with van der Waals surface area (Å²) in [7, 11) is 5.05. The third kappa shape index (κ3) is 2.80. The second kappa shape index (κ2) is 5.24. The standard InChI is InChI=1S/C10H16N4O3/c1-14-4-5-17-7(6-14)8-11-9(15-2)13-10(12-8)16-3/h7H,4-6H2,1-3H3. The lowest BCUT2D eigenvalue weighted by atomic mass is 10.2. The van der Waals surface area contributed by atoms with E-state index in [2.05, 4.69) is 19.9 Å². The van der Waals surface area contributed by atoms with Crippen LogP contribution in [0.4, 0.5) is 0 Å². The number of hydrogen-bond donors (Lipinski definition) is 0. The van der Waals surface area contributed by atoms with Gasteiger partial charge in [0.15, 0.2) is 5.82 Å². The van der Waals surface area contributed by atoms with Crippen molar-refractivity contribution >= 4 is 0 Å². The first-order valence-corrected chi connectivity index (χ1v) is 5.37. The molecule has 1 aliphatic heterocycles. The summed E-state index contributed by atoms with van der Waals surface area (Å²) >= 11 is 0. The van der Waals surface area contributed by atoms with Crippen molar-refractivity contribution in [3.05, 3.63) is 5.82 Å². The normalized spacial score (nSPS) is 21.2. The molecule has 1 aromatic heterocycles. The maximum atomic E-state index is 5.63. The van der Waals surface area contributed by atoms with E-state index in [1.54, 1.807) is 0 Å². The number of ether oxygens (including phenoxy) is 3. The molecule has 1 fully saturated rings. The predicted molar refractivity (Wildman–Crippen MR) is 59.1 cm³/mol. The van der Waals surface area contributed by atoms with Crippen molar-refractivity contribution in [2.45, 2.75) is 6.10 Å². The minimum absolute atomic E-state index is 0.167. The molecule has 1 aromatic rings. The van der Waals surface area contributed by atoms with Crippen LogP contribution >= 0.6 is 0 Å². The highest BCUT2D eigenvalue weighted by atomic mass is 16.5. The molecule has 1 saturated heterocycles. The number of methoxy groups -OCH3 is 2. The minimum Gasteiger partial charge on any atom is -0.467 e. The van der Waals surface area contributed by atoms with Gasteiger partial charge in [-0.2, -0.15) is 9.97 Å². The van der Waals surface area contributed by atoms with Crippen molar-refractivity contribution in [1.29, 1.82) is 0 Å².